The Morgan fingerprint density at radius 1 is 1.03 bits per heavy atom. The van der Waals surface area contributed by atoms with Crippen LogP contribution in [0.4, 0.5) is 14.5 Å². The van der Waals surface area contributed by atoms with Crippen LogP contribution in [0.25, 0.3) is 0 Å². The molecule has 3 aliphatic heterocycles. The van der Waals surface area contributed by atoms with Gasteiger partial charge in [0.25, 0.3) is 0 Å². The van der Waals surface area contributed by atoms with Crippen molar-refractivity contribution in [2.75, 3.05) is 18.0 Å². The van der Waals surface area contributed by atoms with Crippen molar-refractivity contribution in [3.8, 4) is 0 Å². The number of anilines is 1. The van der Waals surface area contributed by atoms with Gasteiger partial charge in [-0.25, -0.2) is 0 Å². The van der Waals surface area contributed by atoms with Crippen LogP contribution in [0.15, 0.2) is 42.5 Å². The van der Waals surface area contributed by atoms with Gasteiger partial charge >= 0.3 is 5.92 Å². The van der Waals surface area contributed by atoms with Crippen LogP contribution in [0.1, 0.15) is 60.6 Å². The van der Waals surface area contributed by atoms with Crippen molar-refractivity contribution in [1.82, 2.24) is 15.5 Å². The number of aliphatic hydroxyl groups is 4. The molecule has 37 heavy (non-hydrogen) atoms. The quantitative estimate of drug-likeness (QED) is 0.309. The van der Waals surface area contributed by atoms with E-state index >= 15 is 8.78 Å². The molecule has 6 N–H and O–H groups in total. The number of nitrogens with one attached hydrogen (secondary N) is 2. The Morgan fingerprint density at radius 3 is 2.57 bits per heavy atom. The number of hydrogen-bond acceptors (Lipinski definition) is 8. The number of alkyl halides is 2. The summed E-state index contributed by atoms with van der Waals surface area (Å²) < 4.78 is 30.3. The Bertz CT molecular complexity index is 1080. The van der Waals surface area contributed by atoms with Crippen LogP contribution < -0.4 is 15.5 Å². The second kappa shape index (κ2) is 10.9. The third-order valence-electron chi connectivity index (χ3n) is 7.84. The van der Waals surface area contributed by atoms with Gasteiger partial charge in [-0.3, -0.25) is 15.5 Å². The van der Waals surface area contributed by atoms with Gasteiger partial charge in [0.15, 0.2) is 6.23 Å². The van der Waals surface area contributed by atoms with E-state index in [0.717, 1.165) is 43.6 Å². The molecule has 0 aromatic heterocycles. The van der Waals surface area contributed by atoms with Gasteiger partial charge in [-0.05, 0) is 60.9 Å². The van der Waals surface area contributed by atoms with E-state index in [-0.39, 0.29) is 18.2 Å². The number of rotatable bonds is 7. The van der Waals surface area contributed by atoms with Crippen molar-refractivity contribution in [2.45, 2.75) is 82.1 Å². The average Bonchev–Trinajstić information content (AvgIpc) is 3.23. The number of aliphatic hydroxyl groups excluding tert-OH is 4. The molecule has 0 bridgehead atoms. The van der Waals surface area contributed by atoms with Crippen LogP contribution >= 0.6 is 0 Å². The molecule has 5 atom stereocenters. The molecule has 2 aromatic rings. The second-order valence-electron chi connectivity index (χ2n) is 10.4. The SMILES string of the molecule is OC1N[C@@H](O)CCC1N1Cc2cc(CNC(O)C(F)(F)c3cccc(N4CCCCC4)c3)ccc2[C@@H]1O. The van der Waals surface area contributed by atoms with Crippen molar-refractivity contribution in [1.29, 1.82) is 0 Å². The first-order chi connectivity index (χ1) is 17.7. The van der Waals surface area contributed by atoms with Crippen LogP contribution in [-0.2, 0) is 19.0 Å². The van der Waals surface area contributed by atoms with Crippen LogP contribution in [0.2, 0.25) is 0 Å². The highest BCUT2D eigenvalue weighted by Gasteiger charge is 2.41. The molecule has 0 aliphatic carbocycles. The second-order valence-corrected chi connectivity index (χ2v) is 10.4. The standard InChI is InChI=1S/C27H36F2N4O4/c28-27(29,19-5-4-6-20(14-19)32-11-2-1-3-12-32)26(37)30-15-17-7-8-21-18(13-17)16-33(25(21)36)22-9-10-23(34)31-24(22)35/h4-8,13-14,22-26,30-31,34-37H,1-3,9-12,15-16H2/t22?,23-,24?,25-,26?/m0/s1. The molecule has 3 heterocycles. The summed E-state index contributed by atoms with van der Waals surface area (Å²) in [6.07, 6.45) is -0.507. The highest BCUT2D eigenvalue weighted by atomic mass is 19.3. The molecule has 2 fully saturated rings. The molecule has 0 amide bonds. The summed E-state index contributed by atoms with van der Waals surface area (Å²) in [6.45, 7) is 2.09. The fourth-order valence-corrected chi connectivity index (χ4v) is 5.71. The normalized spacial score (nSPS) is 27.8. The van der Waals surface area contributed by atoms with Crippen molar-refractivity contribution in [2.24, 2.45) is 0 Å². The predicted octanol–water partition coefficient (Wildman–Crippen LogP) is 2.07. The molecule has 3 unspecified atom stereocenters. The van der Waals surface area contributed by atoms with Gasteiger partial charge in [0, 0.05) is 37.4 Å². The molecule has 0 radical (unpaired) electrons. The smallest absolute Gasteiger partial charge is 0.311 e. The summed E-state index contributed by atoms with van der Waals surface area (Å²) in [5, 5.41) is 46.5. The third kappa shape index (κ3) is 5.51. The average molecular weight is 519 g/mol. The number of fused-ring (bicyclic) bond motifs is 1. The Balaban J connectivity index is 1.22. The largest absolute Gasteiger partial charge is 0.379 e. The minimum absolute atomic E-state index is 0.0196. The van der Waals surface area contributed by atoms with E-state index in [2.05, 4.69) is 15.5 Å². The maximum Gasteiger partial charge on any atom is 0.311 e. The van der Waals surface area contributed by atoms with Crippen molar-refractivity contribution in [3.05, 3.63) is 64.7 Å². The lowest BCUT2D eigenvalue weighted by molar-refractivity contribution is -0.129. The molecule has 2 saturated heterocycles. The summed E-state index contributed by atoms with van der Waals surface area (Å²) in [5.41, 5.74) is 2.75. The van der Waals surface area contributed by atoms with Crippen LogP contribution in [0.5, 0.6) is 0 Å². The monoisotopic (exact) mass is 518 g/mol. The molecule has 8 nitrogen and oxygen atoms in total. The van der Waals surface area contributed by atoms with Gasteiger partial charge < -0.3 is 25.3 Å². The zero-order chi connectivity index (χ0) is 26.2. The molecule has 2 aromatic carbocycles. The summed E-state index contributed by atoms with van der Waals surface area (Å²) in [4.78, 5) is 3.87. The van der Waals surface area contributed by atoms with E-state index < -0.39 is 30.8 Å². The van der Waals surface area contributed by atoms with Gasteiger partial charge in [0.1, 0.15) is 18.7 Å². The van der Waals surface area contributed by atoms with Gasteiger partial charge in [0.2, 0.25) is 0 Å². The lowest BCUT2D eigenvalue weighted by Gasteiger charge is -2.39. The maximum absolute atomic E-state index is 15.2. The topological polar surface area (TPSA) is 111 Å². The first kappa shape index (κ1) is 26.4. The van der Waals surface area contributed by atoms with Crippen LogP contribution in [0.3, 0.4) is 0 Å². The molecular weight excluding hydrogens is 482 g/mol. The van der Waals surface area contributed by atoms with E-state index in [9.17, 15) is 20.4 Å². The number of halogens is 2. The zero-order valence-electron chi connectivity index (χ0n) is 20.7. The van der Waals surface area contributed by atoms with E-state index in [1.807, 2.05) is 12.1 Å². The lowest BCUT2D eigenvalue weighted by atomic mass is 10.0. The zero-order valence-corrected chi connectivity index (χ0v) is 20.7. The number of piperidine rings is 2. The molecule has 10 heteroatoms. The molecule has 0 saturated carbocycles. The van der Waals surface area contributed by atoms with Crippen molar-refractivity contribution in [3.63, 3.8) is 0 Å². The third-order valence-corrected chi connectivity index (χ3v) is 7.84. The van der Waals surface area contributed by atoms with E-state index in [1.165, 1.54) is 12.1 Å². The highest BCUT2D eigenvalue weighted by molar-refractivity contribution is 5.50. The Hall–Kier alpha value is -2.18. The summed E-state index contributed by atoms with van der Waals surface area (Å²) in [6, 6.07) is 11.2. The minimum atomic E-state index is -3.48. The van der Waals surface area contributed by atoms with E-state index in [4.69, 9.17) is 0 Å². The Kier molecular flexibility index (Phi) is 7.78. The van der Waals surface area contributed by atoms with Crippen LogP contribution in [0, 0.1) is 0 Å². The van der Waals surface area contributed by atoms with Crippen LogP contribution in [-0.4, -0.2) is 63.1 Å². The lowest BCUT2D eigenvalue weighted by Crippen LogP contribution is -2.56. The fraction of sp³-hybridized carbons (Fsp3) is 0.556. The van der Waals surface area contributed by atoms with E-state index in [1.54, 1.807) is 23.1 Å². The van der Waals surface area contributed by atoms with E-state index in [0.29, 0.717) is 30.5 Å². The number of hydrogen-bond donors (Lipinski definition) is 6. The number of benzene rings is 2. The Morgan fingerprint density at radius 2 is 1.81 bits per heavy atom. The molecule has 5 rings (SSSR count). The van der Waals surface area contributed by atoms with Gasteiger partial charge in [0.05, 0.1) is 6.04 Å². The predicted molar refractivity (Wildman–Crippen MR) is 134 cm³/mol. The molecular formula is C27H36F2N4O4. The first-order valence-electron chi connectivity index (χ1n) is 13.1. The minimum Gasteiger partial charge on any atom is -0.379 e. The summed E-state index contributed by atoms with van der Waals surface area (Å²) in [5.74, 6) is -3.48. The molecule has 0 spiro atoms. The van der Waals surface area contributed by atoms with Gasteiger partial charge in [-0.1, -0.05) is 30.3 Å². The first-order valence-corrected chi connectivity index (χ1v) is 13.1. The van der Waals surface area contributed by atoms with Crippen molar-refractivity contribution < 1.29 is 29.2 Å². The Labute approximate surface area is 215 Å². The molecule has 202 valence electrons. The molecule has 3 aliphatic rings. The highest BCUT2D eigenvalue weighted by Crippen LogP contribution is 2.37. The summed E-state index contributed by atoms with van der Waals surface area (Å²) in [7, 11) is 0. The number of nitrogens with zero attached hydrogens (tertiary/aromatic N) is 2. The van der Waals surface area contributed by atoms with Crippen molar-refractivity contribution >= 4 is 5.69 Å². The summed E-state index contributed by atoms with van der Waals surface area (Å²) >= 11 is 0. The maximum atomic E-state index is 15.2. The fourth-order valence-electron chi connectivity index (χ4n) is 5.71. The van der Waals surface area contributed by atoms with Gasteiger partial charge in [-0.15, -0.1) is 0 Å². The van der Waals surface area contributed by atoms with Gasteiger partial charge in [-0.2, -0.15) is 8.78 Å².